The van der Waals surface area contributed by atoms with Gasteiger partial charge in [0.2, 0.25) is 0 Å². The first-order valence-corrected chi connectivity index (χ1v) is 6.65. The van der Waals surface area contributed by atoms with E-state index in [4.69, 9.17) is 4.74 Å². The number of hydrogen-bond donors (Lipinski definition) is 1. The number of benzene rings is 1. The van der Waals surface area contributed by atoms with E-state index in [0.29, 0.717) is 5.75 Å². The summed E-state index contributed by atoms with van der Waals surface area (Å²) in [4.78, 5) is 4.29. The molecule has 1 aromatic carbocycles. The molecule has 96 valence electrons. The third-order valence-corrected chi connectivity index (χ3v) is 3.26. The zero-order valence-electron chi connectivity index (χ0n) is 10.3. The lowest BCUT2D eigenvalue weighted by molar-refractivity contribution is 0.402. The van der Waals surface area contributed by atoms with E-state index in [1.165, 1.54) is 23.5 Å². The van der Waals surface area contributed by atoms with Crippen molar-refractivity contribution in [1.82, 2.24) is 10.3 Å². The van der Waals surface area contributed by atoms with Crippen LogP contribution in [0.1, 0.15) is 24.2 Å². The fraction of sp³-hybridized carbons (Fsp3) is 0.308. The minimum atomic E-state index is -0.274. The number of methoxy groups -OCH3 is 1. The molecule has 1 unspecified atom stereocenters. The van der Waals surface area contributed by atoms with Gasteiger partial charge in [-0.05, 0) is 24.7 Å². The van der Waals surface area contributed by atoms with Gasteiger partial charge in [-0.1, -0.05) is 6.92 Å². The zero-order chi connectivity index (χ0) is 13.0. The Morgan fingerprint density at radius 3 is 2.94 bits per heavy atom. The van der Waals surface area contributed by atoms with Gasteiger partial charge in [-0.15, -0.1) is 11.3 Å². The molecule has 1 aromatic heterocycles. The fourth-order valence-electron chi connectivity index (χ4n) is 1.87. The maximum atomic E-state index is 13.4. The van der Waals surface area contributed by atoms with Gasteiger partial charge in [-0.2, -0.15) is 0 Å². The van der Waals surface area contributed by atoms with Crippen LogP contribution in [0.4, 0.5) is 4.39 Å². The first kappa shape index (κ1) is 13.0. The second kappa shape index (κ2) is 5.93. The first-order valence-electron chi connectivity index (χ1n) is 5.71. The summed E-state index contributed by atoms with van der Waals surface area (Å²) in [5, 5.41) is 5.26. The van der Waals surface area contributed by atoms with Gasteiger partial charge in [0.1, 0.15) is 11.6 Å². The van der Waals surface area contributed by atoms with Crippen LogP contribution < -0.4 is 10.1 Å². The number of thiazole rings is 1. The maximum Gasteiger partial charge on any atom is 0.124 e. The van der Waals surface area contributed by atoms with Crippen LogP contribution in [0.5, 0.6) is 5.75 Å². The molecule has 0 fully saturated rings. The molecule has 2 aromatic rings. The van der Waals surface area contributed by atoms with Crippen molar-refractivity contribution >= 4 is 11.3 Å². The molecule has 1 N–H and O–H groups in total. The van der Waals surface area contributed by atoms with Crippen molar-refractivity contribution in [2.75, 3.05) is 13.7 Å². The number of nitrogens with one attached hydrogen (secondary N) is 1. The highest BCUT2D eigenvalue weighted by Gasteiger charge is 2.19. The molecule has 1 heterocycles. The van der Waals surface area contributed by atoms with Crippen molar-refractivity contribution in [3.8, 4) is 5.75 Å². The van der Waals surface area contributed by atoms with E-state index in [1.807, 2.05) is 12.3 Å². The van der Waals surface area contributed by atoms with Crippen molar-refractivity contribution in [3.63, 3.8) is 0 Å². The van der Waals surface area contributed by atoms with Crippen molar-refractivity contribution in [2.24, 2.45) is 0 Å². The van der Waals surface area contributed by atoms with Crippen LogP contribution in [0.25, 0.3) is 0 Å². The number of nitrogens with zero attached hydrogens (tertiary/aromatic N) is 1. The van der Waals surface area contributed by atoms with Crippen LogP contribution in [-0.4, -0.2) is 18.6 Å². The van der Waals surface area contributed by atoms with E-state index in [1.54, 1.807) is 18.7 Å². The summed E-state index contributed by atoms with van der Waals surface area (Å²) in [7, 11) is 1.58. The predicted octanol–water partition coefficient (Wildman–Crippen LogP) is 2.99. The minimum absolute atomic E-state index is 0.146. The molecular formula is C13H15FN2OS. The Kier molecular flexibility index (Phi) is 4.28. The van der Waals surface area contributed by atoms with Crippen LogP contribution in [-0.2, 0) is 0 Å². The smallest absolute Gasteiger partial charge is 0.124 e. The molecule has 0 radical (unpaired) electrons. The van der Waals surface area contributed by atoms with Gasteiger partial charge < -0.3 is 10.1 Å². The average molecular weight is 266 g/mol. The minimum Gasteiger partial charge on any atom is -0.496 e. The van der Waals surface area contributed by atoms with Crippen LogP contribution >= 0.6 is 11.3 Å². The summed E-state index contributed by atoms with van der Waals surface area (Å²) >= 11 is 1.52. The Bertz CT molecular complexity index is 502. The average Bonchev–Trinajstić information content (AvgIpc) is 2.89. The molecule has 2 rings (SSSR count). The standard InChI is InChI=1S/C13H15FN2OS/c1-3-15-13(11-7-18-8-16-11)10-6-9(14)4-5-12(10)17-2/h4-8,13,15H,3H2,1-2H3. The van der Waals surface area contributed by atoms with Crippen LogP contribution in [0.15, 0.2) is 29.1 Å². The van der Waals surface area contributed by atoms with Crippen molar-refractivity contribution < 1.29 is 9.13 Å². The van der Waals surface area contributed by atoms with Crippen molar-refractivity contribution in [3.05, 3.63) is 46.2 Å². The quantitative estimate of drug-likeness (QED) is 0.903. The summed E-state index contributed by atoms with van der Waals surface area (Å²) in [5.74, 6) is 0.388. The second-order valence-electron chi connectivity index (χ2n) is 3.79. The first-order chi connectivity index (χ1) is 8.76. The summed E-state index contributed by atoms with van der Waals surface area (Å²) in [6.07, 6.45) is 0. The maximum absolute atomic E-state index is 13.4. The second-order valence-corrected chi connectivity index (χ2v) is 4.51. The Labute approximate surface area is 110 Å². The van der Waals surface area contributed by atoms with E-state index >= 15 is 0 Å². The molecule has 0 amide bonds. The number of rotatable bonds is 5. The molecule has 0 aliphatic rings. The monoisotopic (exact) mass is 266 g/mol. The van der Waals surface area contributed by atoms with Gasteiger partial charge in [0, 0.05) is 10.9 Å². The van der Waals surface area contributed by atoms with E-state index in [2.05, 4.69) is 10.3 Å². The molecule has 5 heteroatoms. The van der Waals surface area contributed by atoms with Crippen molar-refractivity contribution in [2.45, 2.75) is 13.0 Å². The number of hydrogen-bond acceptors (Lipinski definition) is 4. The van der Waals surface area contributed by atoms with Crippen molar-refractivity contribution in [1.29, 1.82) is 0 Å². The third kappa shape index (κ3) is 2.68. The molecule has 0 aliphatic heterocycles. The normalized spacial score (nSPS) is 12.4. The number of halogens is 1. The Morgan fingerprint density at radius 2 is 2.33 bits per heavy atom. The topological polar surface area (TPSA) is 34.2 Å². The largest absolute Gasteiger partial charge is 0.496 e. The van der Waals surface area contributed by atoms with E-state index in [9.17, 15) is 4.39 Å². The highest BCUT2D eigenvalue weighted by Crippen LogP contribution is 2.30. The molecule has 18 heavy (non-hydrogen) atoms. The van der Waals surface area contributed by atoms with E-state index < -0.39 is 0 Å². The molecule has 1 atom stereocenters. The van der Waals surface area contributed by atoms with Gasteiger partial charge >= 0.3 is 0 Å². The van der Waals surface area contributed by atoms with Gasteiger partial charge in [-0.25, -0.2) is 9.37 Å². The van der Waals surface area contributed by atoms with Gasteiger partial charge in [-0.3, -0.25) is 0 Å². The SMILES string of the molecule is CCNC(c1cscn1)c1cc(F)ccc1OC. The zero-order valence-corrected chi connectivity index (χ0v) is 11.1. The Balaban J connectivity index is 2.45. The molecule has 0 saturated carbocycles. The fourth-order valence-corrected chi connectivity index (χ4v) is 2.45. The number of ether oxygens (including phenoxy) is 1. The molecule has 3 nitrogen and oxygen atoms in total. The highest BCUT2D eigenvalue weighted by atomic mass is 32.1. The Hall–Kier alpha value is -1.46. The molecule has 0 bridgehead atoms. The molecule has 0 saturated heterocycles. The van der Waals surface area contributed by atoms with Gasteiger partial charge in [0.25, 0.3) is 0 Å². The molecule has 0 aliphatic carbocycles. The summed E-state index contributed by atoms with van der Waals surface area (Å²) < 4.78 is 18.7. The third-order valence-electron chi connectivity index (χ3n) is 2.66. The lowest BCUT2D eigenvalue weighted by atomic mass is 10.0. The molecular weight excluding hydrogens is 251 g/mol. The van der Waals surface area contributed by atoms with Gasteiger partial charge in [0.05, 0.1) is 24.4 Å². The van der Waals surface area contributed by atoms with Gasteiger partial charge in [0.15, 0.2) is 0 Å². The predicted molar refractivity (Wildman–Crippen MR) is 70.6 cm³/mol. The Morgan fingerprint density at radius 1 is 1.50 bits per heavy atom. The van der Waals surface area contributed by atoms with Crippen LogP contribution in [0.3, 0.4) is 0 Å². The van der Waals surface area contributed by atoms with E-state index in [-0.39, 0.29) is 11.9 Å². The molecule has 0 spiro atoms. The lowest BCUT2D eigenvalue weighted by Crippen LogP contribution is -2.23. The van der Waals surface area contributed by atoms with Crippen LogP contribution in [0, 0.1) is 5.82 Å². The summed E-state index contributed by atoms with van der Waals surface area (Å²) in [6.45, 7) is 2.77. The lowest BCUT2D eigenvalue weighted by Gasteiger charge is -2.19. The summed E-state index contributed by atoms with van der Waals surface area (Å²) in [6, 6.07) is 4.38. The highest BCUT2D eigenvalue weighted by molar-refractivity contribution is 7.07. The number of aromatic nitrogens is 1. The van der Waals surface area contributed by atoms with Crippen LogP contribution in [0.2, 0.25) is 0 Å². The van der Waals surface area contributed by atoms with E-state index in [0.717, 1.165) is 17.8 Å². The summed E-state index contributed by atoms with van der Waals surface area (Å²) in [5.41, 5.74) is 3.42.